The highest BCUT2D eigenvalue weighted by molar-refractivity contribution is 7.15. The van der Waals surface area contributed by atoms with Crippen molar-refractivity contribution in [3.8, 4) is 0 Å². The number of alkyl carbamates (subject to hydrolysis) is 1. The van der Waals surface area contributed by atoms with Crippen LogP contribution in [0.4, 0.5) is 4.79 Å². The van der Waals surface area contributed by atoms with Gasteiger partial charge < -0.3 is 15.8 Å². The number of nitrogens with zero attached hydrogens (tertiary/aromatic N) is 2. The van der Waals surface area contributed by atoms with Crippen LogP contribution in [0.3, 0.4) is 0 Å². The van der Waals surface area contributed by atoms with Gasteiger partial charge in [0.15, 0.2) is 4.96 Å². The van der Waals surface area contributed by atoms with Crippen molar-refractivity contribution in [1.82, 2.24) is 14.7 Å². The fourth-order valence-electron chi connectivity index (χ4n) is 2.02. The summed E-state index contributed by atoms with van der Waals surface area (Å²) in [6, 6.07) is -0.325. The van der Waals surface area contributed by atoms with Crippen molar-refractivity contribution in [1.29, 1.82) is 0 Å². The number of nitrogens with two attached hydrogens (primary N) is 1. The minimum Gasteiger partial charge on any atom is -0.444 e. The lowest BCUT2D eigenvalue weighted by atomic mass is 10.1. The second kappa shape index (κ2) is 5.41. The van der Waals surface area contributed by atoms with Crippen LogP contribution in [-0.2, 0) is 4.74 Å². The van der Waals surface area contributed by atoms with Crippen molar-refractivity contribution in [2.45, 2.75) is 39.3 Å². The third kappa shape index (κ3) is 3.10. The van der Waals surface area contributed by atoms with Crippen molar-refractivity contribution >= 4 is 22.4 Å². The third-order valence-corrected chi connectivity index (χ3v) is 3.50. The third-order valence-electron chi connectivity index (χ3n) is 2.74. The van der Waals surface area contributed by atoms with E-state index >= 15 is 0 Å². The maximum absolute atomic E-state index is 11.9. The van der Waals surface area contributed by atoms with E-state index in [1.165, 1.54) is 0 Å². The molecule has 1 atom stereocenters. The summed E-state index contributed by atoms with van der Waals surface area (Å²) in [7, 11) is 0. The Balaban J connectivity index is 2.22. The summed E-state index contributed by atoms with van der Waals surface area (Å²) in [5, 5.41) is 4.76. The fraction of sp³-hybridized carbons (Fsp3) is 0.538. The smallest absolute Gasteiger partial charge is 0.408 e. The first-order valence-electron chi connectivity index (χ1n) is 6.43. The van der Waals surface area contributed by atoms with Gasteiger partial charge in [-0.2, -0.15) is 0 Å². The van der Waals surface area contributed by atoms with E-state index in [1.807, 2.05) is 43.7 Å². The van der Waals surface area contributed by atoms with Crippen molar-refractivity contribution in [2.24, 2.45) is 5.73 Å². The number of aromatic nitrogens is 2. The van der Waals surface area contributed by atoms with Gasteiger partial charge in [-0.3, -0.25) is 4.40 Å². The Morgan fingerprint density at radius 2 is 2.30 bits per heavy atom. The highest BCUT2D eigenvalue weighted by atomic mass is 32.1. The minimum atomic E-state index is -0.534. The van der Waals surface area contributed by atoms with Crippen molar-refractivity contribution in [3.05, 3.63) is 23.0 Å². The molecule has 20 heavy (non-hydrogen) atoms. The minimum absolute atomic E-state index is 0.281. The molecule has 0 bridgehead atoms. The first-order valence-corrected chi connectivity index (χ1v) is 7.31. The van der Waals surface area contributed by atoms with Gasteiger partial charge >= 0.3 is 6.09 Å². The standard InChI is InChI=1S/C13H20N4O2S/c1-8-10(17-5-6-20-11(17)15-8)9(7-14)16-12(18)19-13(2,3)4/h5-6,9H,7,14H2,1-4H3,(H,16,18). The zero-order valence-electron chi connectivity index (χ0n) is 12.1. The Hall–Kier alpha value is -1.60. The number of aryl methyl sites for hydroxylation is 1. The number of rotatable bonds is 3. The van der Waals surface area contributed by atoms with Gasteiger partial charge in [-0.1, -0.05) is 0 Å². The molecular formula is C13H20N4O2S. The molecule has 0 radical (unpaired) electrons. The van der Waals surface area contributed by atoms with E-state index in [9.17, 15) is 4.79 Å². The Morgan fingerprint density at radius 1 is 1.60 bits per heavy atom. The molecule has 1 unspecified atom stereocenters. The molecule has 3 N–H and O–H groups in total. The second-order valence-electron chi connectivity index (χ2n) is 5.57. The van der Waals surface area contributed by atoms with Crippen LogP contribution in [0, 0.1) is 6.92 Å². The average molecular weight is 296 g/mol. The number of hydrogen-bond donors (Lipinski definition) is 2. The summed E-state index contributed by atoms with van der Waals surface area (Å²) in [6.45, 7) is 7.67. The summed E-state index contributed by atoms with van der Waals surface area (Å²) in [5.41, 5.74) is 7.02. The van der Waals surface area contributed by atoms with Gasteiger partial charge in [0.1, 0.15) is 5.60 Å². The van der Waals surface area contributed by atoms with Crippen LogP contribution in [0.25, 0.3) is 4.96 Å². The average Bonchev–Trinajstić information content (AvgIpc) is 2.83. The molecular weight excluding hydrogens is 276 g/mol. The van der Waals surface area contributed by atoms with Crippen molar-refractivity contribution in [3.63, 3.8) is 0 Å². The maximum Gasteiger partial charge on any atom is 0.408 e. The molecule has 0 aromatic carbocycles. The van der Waals surface area contributed by atoms with Crippen molar-refractivity contribution in [2.75, 3.05) is 6.54 Å². The molecule has 0 fully saturated rings. The highest BCUT2D eigenvalue weighted by Gasteiger charge is 2.23. The number of nitrogens with one attached hydrogen (secondary N) is 1. The monoisotopic (exact) mass is 296 g/mol. The van der Waals surface area contributed by atoms with Gasteiger partial charge in [0.25, 0.3) is 0 Å². The van der Waals surface area contributed by atoms with Crippen LogP contribution < -0.4 is 11.1 Å². The van der Waals surface area contributed by atoms with E-state index < -0.39 is 11.7 Å². The number of carbonyl (C=O) groups is 1. The zero-order valence-corrected chi connectivity index (χ0v) is 13.0. The number of imidazole rings is 1. The van der Waals surface area contributed by atoms with E-state index in [-0.39, 0.29) is 12.6 Å². The van der Waals surface area contributed by atoms with Crippen LogP contribution in [0.5, 0.6) is 0 Å². The Bertz CT molecular complexity index is 611. The fourth-order valence-corrected chi connectivity index (χ4v) is 2.79. The largest absolute Gasteiger partial charge is 0.444 e. The van der Waals surface area contributed by atoms with Gasteiger partial charge in [0.05, 0.1) is 17.4 Å². The summed E-state index contributed by atoms with van der Waals surface area (Å²) in [4.78, 5) is 17.2. The summed E-state index contributed by atoms with van der Waals surface area (Å²) < 4.78 is 7.22. The van der Waals surface area contributed by atoms with Gasteiger partial charge in [0, 0.05) is 18.1 Å². The molecule has 2 aromatic rings. The maximum atomic E-state index is 11.9. The Morgan fingerprint density at radius 3 is 2.90 bits per heavy atom. The van der Waals surface area contributed by atoms with Gasteiger partial charge in [-0.05, 0) is 27.7 Å². The molecule has 2 aromatic heterocycles. The van der Waals surface area contributed by atoms with Crippen LogP contribution in [0.15, 0.2) is 11.6 Å². The number of hydrogen-bond acceptors (Lipinski definition) is 5. The summed E-state index contributed by atoms with van der Waals surface area (Å²) in [5.74, 6) is 0. The van der Waals surface area contributed by atoms with Crippen molar-refractivity contribution < 1.29 is 9.53 Å². The predicted octanol–water partition coefficient (Wildman–Crippen LogP) is 2.23. The topological polar surface area (TPSA) is 81.7 Å². The van der Waals surface area contributed by atoms with Gasteiger partial charge in [-0.15, -0.1) is 11.3 Å². The predicted molar refractivity (Wildman–Crippen MR) is 79.0 cm³/mol. The van der Waals surface area contributed by atoms with E-state index in [0.717, 1.165) is 16.3 Å². The first kappa shape index (κ1) is 14.8. The van der Waals surface area contributed by atoms with E-state index in [0.29, 0.717) is 0 Å². The van der Waals surface area contributed by atoms with Crippen LogP contribution in [0.1, 0.15) is 38.2 Å². The van der Waals surface area contributed by atoms with E-state index in [1.54, 1.807) is 11.3 Å². The molecule has 2 rings (SSSR count). The molecule has 110 valence electrons. The van der Waals surface area contributed by atoms with Gasteiger partial charge in [-0.25, -0.2) is 9.78 Å². The Kier molecular flexibility index (Phi) is 4.01. The SMILES string of the molecule is Cc1nc2sccn2c1C(CN)NC(=O)OC(C)(C)C. The lowest BCUT2D eigenvalue weighted by Gasteiger charge is -2.23. The van der Waals surface area contributed by atoms with E-state index in [4.69, 9.17) is 10.5 Å². The van der Waals surface area contributed by atoms with Gasteiger partial charge in [0.2, 0.25) is 0 Å². The number of carbonyl (C=O) groups excluding carboxylic acids is 1. The molecule has 2 heterocycles. The lowest BCUT2D eigenvalue weighted by Crippen LogP contribution is -2.38. The summed E-state index contributed by atoms with van der Waals surface area (Å²) in [6.07, 6.45) is 1.45. The van der Waals surface area contributed by atoms with E-state index in [2.05, 4.69) is 10.3 Å². The normalized spacial score (nSPS) is 13.4. The first-order chi connectivity index (χ1) is 9.31. The lowest BCUT2D eigenvalue weighted by molar-refractivity contribution is 0.0504. The molecule has 0 saturated carbocycles. The van der Waals surface area contributed by atoms with Crippen LogP contribution in [0.2, 0.25) is 0 Å². The number of ether oxygens (including phenoxy) is 1. The highest BCUT2D eigenvalue weighted by Crippen LogP contribution is 2.22. The number of fused-ring (bicyclic) bond motifs is 1. The zero-order chi connectivity index (χ0) is 14.9. The molecule has 7 heteroatoms. The Labute approximate surface area is 121 Å². The number of thiazole rings is 1. The molecule has 0 aliphatic carbocycles. The molecule has 6 nitrogen and oxygen atoms in total. The van der Waals surface area contributed by atoms with Crippen LogP contribution >= 0.6 is 11.3 Å². The number of amides is 1. The molecule has 1 amide bonds. The second-order valence-corrected chi connectivity index (χ2v) is 6.45. The molecule has 0 spiro atoms. The molecule has 0 aliphatic heterocycles. The summed E-state index contributed by atoms with van der Waals surface area (Å²) >= 11 is 1.55. The molecule has 0 saturated heterocycles. The quantitative estimate of drug-likeness (QED) is 0.910. The van der Waals surface area contributed by atoms with Crippen LogP contribution in [-0.4, -0.2) is 27.6 Å². The molecule has 0 aliphatic rings.